The van der Waals surface area contributed by atoms with Gasteiger partial charge < -0.3 is 4.43 Å². The molecule has 0 unspecified atom stereocenters. The molecule has 0 N–H and O–H groups in total. The number of halogens is 2. The fourth-order valence-corrected chi connectivity index (χ4v) is 5.42. The van der Waals surface area contributed by atoms with Crippen molar-refractivity contribution in [3.8, 4) is 17.1 Å². The summed E-state index contributed by atoms with van der Waals surface area (Å²) < 4.78 is 34.7. The molecule has 3 heterocycles. The third kappa shape index (κ3) is 5.50. The number of alkyl halides is 2. The second-order valence-electron chi connectivity index (χ2n) is 11.7. The zero-order valence-electron chi connectivity index (χ0n) is 22.1. The SMILES string of the molecule is CC(C)(C)[Si](C)(C)OCc1cccc(-n2ncc3ccc(-c4cccc(CC5CC(F)(F)C5)n4)cc32)n1. The highest BCUT2D eigenvalue weighted by atomic mass is 28.4. The van der Waals surface area contributed by atoms with Crippen molar-refractivity contribution in [2.24, 2.45) is 5.92 Å². The minimum atomic E-state index is -2.51. The van der Waals surface area contributed by atoms with Gasteiger partial charge in [0, 0.05) is 29.5 Å². The molecule has 1 saturated carbocycles. The third-order valence-corrected chi connectivity index (χ3v) is 12.2. The van der Waals surface area contributed by atoms with Gasteiger partial charge in [-0.05, 0) is 60.8 Å². The Kier molecular flexibility index (Phi) is 6.52. The first-order chi connectivity index (χ1) is 17.4. The number of benzene rings is 1. The number of hydrogen-bond donors (Lipinski definition) is 0. The van der Waals surface area contributed by atoms with E-state index in [1.54, 1.807) is 0 Å². The minimum absolute atomic E-state index is 0.000586. The van der Waals surface area contributed by atoms with Crippen molar-refractivity contribution in [1.82, 2.24) is 19.7 Å². The first-order valence-electron chi connectivity index (χ1n) is 12.8. The Hall–Kier alpha value is -2.97. The molecule has 0 aliphatic heterocycles. The van der Waals surface area contributed by atoms with Crippen molar-refractivity contribution in [1.29, 1.82) is 0 Å². The van der Waals surface area contributed by atoms with Gasteiger partial charge in [0.2, 0.25) is 5.92 Å². The van der Waals surface area contributed by atoms with E-state index < -0.39 is 14.2 Å². The maximum absolute atomic E-state index is 13.3. The molecule has 0 saturated heterocycles. The average Bonchev–Trinajstić information content (AvgIpc) is 3.25. The predicted octanol–water partition coefficient (Wildman–Crippen LogP) is 7.59. The van der Waals surface area contributed by atoms with Gasteiger partial charge in [-0.3, -0.25) is 4.98 Å². The van der Waals surface area contributed by atoms with Gasteiger partial charge in [0.15, 0.2) is 14.1 Å². The first kappa shape index (κ1) is 25.7. The lowest BCUT2D eigenvalue weighted by atomic mass is 9.78. The fraction of sp³-hybridized carbons (Fsp3) is 0.414. The molecular formula is C29H34F2N4OSi. The molecule has 1 aliphatic rings. The number of fused-ring (bicyclic) bond motifs is 1. The van der Waals surface area contributed by atoms with Crippen molar-refractivity contribution >= 4 is 19.2 Å². The molecule has 8 heteroatoms. The summed E-state index contributed by atoms with van der Waals surface area (Å²) in [5.74, 6) is -1.77. The van der Waals surface area contributed by atoms with E-state index in [2.05, 4.69) is 45.0 Å². The summed E-state index contributed by atoms with van der Waals surface area (Å²) in [6, 6.07) is 17.9. The van der Waals surface area contributed by atoms with Crippen molar-refractivity contribution < 1.29 is 13.2 Å². The normalized spacial score (nSPS) is 16.2. The van der Waals surface area contributed by atoms with E-state index in [9.17, 15) is 8.78 Å². The van der Waals surface area contributed by atoms with Crippen molar-refractivity contribution in [3.63, 3.8) is 0 Å². The maximum atomic E-state index is 13.3. The third-order valence-electron chi connectivity index (χ3n) is 7.74. The van der Waals surface area contributed by atoms with E-state index >= 15 is 0 Å². The molecule has 0 radical (unpaired) electrons. The summed E-state index contributed by atoms with van der Waals surface area (Å²) in [6.45, 7) is 11.6. The maximum Gasteiger partial charge on any atom is 0.248 e. The highest BCUT2D eigenvalue weighted by Crippen LogP contribution is 2.43. The highest BCUT2D eigenvalue weighted by Gasteiger charge is 2.45. The van der Waals surface area contributed by atoms with Gasteiger partial charge in [-0.25, -0.2) is 18.4 Å². The number of pyridine rings is 2. The van der Waals surface area contributed by atoms with E-state index in [-0.39, 0.29) is 23.8 Å². The van der Waals surface area contributed by atoms with E-state index in [1.165, 1.54) is 0 Å². The lowest BCUT2D eigenvalue weighted by Crippen LogP contribution is -2.40. The van der Waals surface area contributed by atoms with Crippen LogP contribution in [0.2, 0.25) is 18.1 Å². The Morgan fingerprint density at radius 1 is 1.00 bits per heavy atom. The van der Waals surface area contributed by atoms with Gasteiger partial charge in [0.1, 0.15) is 0 Å². The molecule has 1 fully saturated rings. The largest absolute Gasteiger partial charge is 0.411 e. The van der Waals surface area contributed by atoms with Crippen LogP contribution < -0.4 is 0 Å². The van der Waals surface area contributed by atoms with Crippen LogP contribution in [0.25, 0.3) is 28.0 Å². The van der Waals surface area contributed by atoms with E-state index in [0.29, 0.717) is 13.0 Å². The van der Waals surface area contributed by atoms with E-state index in [4.69, 9.17) is 14.4 Å². The number of hydrogen-bond acceptors (Lipinski definition) is 4. The number of aromatic nitrogens is 4. The molecule has 0 atom stereocenters. The Balaban J connectivity index is 1.39. The molecule has 4 aromatic rings. The number of rotatable bonds is 7. The average molecular weight is 521 g/mol. The summed E-state index contributed by atoms with van der Waals surface area (Å²) >= 11 is 0. The van der Waals surface area contributed by atoms with Gasteiger partial charge in [-0.1, -0.05) is 45.0 Å². The molecular weight excluding hydrogens is 486 g/mol. The van der Waals surface area contributed by atoms with Crippen LogP contribution in [-0.4, -0.2) is 34.0 Å². The topological polar surface area (TPSA) is 52.8 Å². The van der Waals surface area contributed by atoms with Gasteiger partial charge in [-0.15, -0.1) is 0 Å². The molecule has 5 nitrogen and oxygen atoms in total. The molecule has 1 aliphatic carbocycles. The van der Waals surface area contributed by atoms with Crippen LogP contribution >= 0.6 is 0 Å². The molecule has 0 spiro atoms. The minimum Gasteiger partial charge on any atom is -0.411 e. The Labute approximate surface area is 218 Å². The highest BCUT2D eigenvalue weighted by molar-refractivity contribution is 6.74. The zero-order chi connectivity index (χ0) is 26.4. The summed E-state index contributed by atoms with van der Waals surface area (Å²) in [5, 5.41) is 5.74. The molecule has 3 aromatic heterocycles. The van der Waals surface area contributed by atoms with Crippen LogP contribution in [0.1, 0.15) is 45.0 Å². The fourth-order valence-electron chi connectivity index (χ4n) is 4.48. The van der Waals surface area contributed by atoms with Gasteiger partial charge in [0.25, 0.3) is 0 Å². The van der Waals surface area contributed by atoms with Crippen LogP contribution in [0.4, 0.5) is 8.78 Å². The standard InChI is InChI=1S/C29H34F2N4OSi/c1-28(2,3)37(4,5)36-19-24-9-7-11-27(34-24)35-26-15-21(12-13-22(26)18-32-35)25-10-6-8-23(33-25)14-20-16-29(30,31)17-20/h6-13,15,18,20H,14,16-17,19H2,1-5H3. The predicted molar refractivity (Wildman–Crippen MR) is 145 cm³/mol. The summed E-state index contributed by atoms with van der Waals surface area (Å²) in [6.07, 6.45) is 2.32. The van der Waals surface area contributed by atoms with E-state index in [1.807, 2.05) is 59.4 Å². The Bertz CT molecular complexity index is 1420. The van der Waals surface area contributed by atoms with Crippen LogP contribution in [0, 0.1) is 5.92 Å². The summed E-state index contributed by atoms with van der Waals surface area (Å²) in [7, 11) is -1.89. The molecule has 0 bridgehead atoms. The van der Waals surface area contributed by atoms with Crippen molar-refractivity contribution in [2.75, 3.05) is 0 Å². The molecule has 1 aromatic carbocycles. The molecule has 37 heavy (non-hydrogen) atoms. The van der Waals surface area contributed by atoms with Crippen molar-refractivity contribution in [3.05, 3.63) is 72.2 Å². The second-order valence-corrected chi connectivity index (χ2v) is 16.5. The van der Waals surface area contributed by atoms with Gasteiger partial charge in [0.05, 0.1) is 29.7 Å². The lowest BCUT2D eigenvalue weighted by Gasteiger charge is -2.36. The van der Waals surface area contributed by atoms with Crippen LogP contribution in [-0.2, 0) is 17.5 Å². The Morgan fingerprint density at radius 3 is 2.46 bits per heavy atom. The molecule has 194 valence electrons. The monoisotopic (exact) mass is 520 g/mol. The molecule has 5 rings (SSSR count). The van der Waals surface area contributed by atoms with Crippen LogP contribution in [0.5, 0.6) is 0 Å². The smallest absolute Gasteiger partial charge is 0.248 e. The lowest BCUT2D eigenvalue weighted by molar-refractivity contribution is -0.109. The van der Waals surface area contributed by atoms with E-state index in [0.717, 1.165) is 39.4 Å². The number of nitrogens with zero attached hydrogens (tertiary/aromatic N) is 4. The molecule has 0 amide bonds. The second kappa shape index (κ2) is 9.40. The quantitative estimate of drug-likeness (QED) is 0.236. The van der Waals surface area contributed by atoms with Gasteiger partial charge >= 0.3 is 0 Å². The Morgan fingerprint density at radius 2 is 1.73 bits per heavy atom. The zero-order valence-corrected chi connectivity index (χ0v) is 23.1. The summed E-state index contributed by atoms with van der Waals surface area (Å²) in [5.41, 5.74) is 4.43. The van der Waals surface area contributed by atoms with Crippen molar-refractivity contribution in [2.45, 2.75) is 70.7 Å². The van der Waals surface area contributed by atoms with Crippen LogP contribution in [0.15, 0.2) is 60.8 Å². The van der Waals surface area contributed by atoms with Crippen LogP contribution in [0.3, 0.4) is 0 Å². The van der Waals surface area contributed by atoms with Gasteiger partial charge in [-0.2, -0.15) is 5.10 Å². The summed E-state index contributed by atoms with van der Waals surface area (Å²) in [4.78, 5) is 9.63. The first-order valence-corrected chi connectivity index (χ1v) is 15.7.